The fourth-order valence-electron chi connectivity index (χ4n) is 1.84. The van der Waals surface area contributed by atoms with E-state index in [1.807, 2.05) is 11.4 Å². The van der Waals surface area contributed by atoms with Crippen molar-refractivity contribution >= 4 is 44.9 Å². The average Bonchev–Trinajstić information content (AvgIpc) is 2.88. The maximum absolute atomic E-state index is 13.1. The van der Waals surface area contributed by atoms with Crippen LogP contribution in [-0.4, -0.2) is 9.97 Å². The van der Waals surface area contributed by atoms with Crippen LogP contribution in [0.1, 0.15) is 5.56 Å². The van der Waals surface area contributed by atoms with E-state index in [1.54, 1.807) is 12.1 Å². The van der Waals surface area contributed by atoms with E-state index >= 15 is 0 Å². The van der Waals surface area contributed by atoms with Gasteiger partial charge in [-0.25, -0.2) is 9.37 Å². The average molecular weight is 309 g/mol. The van der Waals surface area contributed by atoms with Crippen LogP contribution in [0.15, 0.2) is 29.6 Å². The number of hydrogen-bond donors (Lipinski definition) is 2. The van der Waals surface area contributed by atoms with E-state index in [-0.39, 0.29) is 11.0 Å². The lowest BCUT2D eigenvalue weighted by molar-refractivity contribution is 0.627. The molecule has 0 bridgehead atoms. The van der Waals surface area contributed by atoms with Crippen LogP contribution in [0, 0.1) is 5.82 Å². The minimum absolute atomic E-state index is 0.104. The zero-order chi connectivity index (χ0) is 14.1. The van der Waals surface area contributed by atoms with Crippen molar-refractivity contribution < 1.29 is 4.39 Å². The van der Waals surface area contributed by atoms with Gasteiger partial charge in [-0.05, 0) is 29.1 Å². The van der Waals surface area contributed by atoms with Crippen LogP contribution in [-0.2, 0) is 6.54 Å². The SMILES string of the molecule is Nc1nc(NCc2ccc(F)c(Cl)c2)c2ccsc2n1. The molecule has 4 nitrogen and oxygen atoms in total. The van der Waals surface area contributed by atoms with E-state index in [1.165, 1.54) is 17.4 Å². The molecule has 3 rings (SSSR count). The number of nitrogens with one attached hydrogen (secondary N) is 1. The van der Waals surface area contributed by atoms with Crippen LogP contribution in [0.5, 0.6) is 0 Å². The Bertz CT molecular complexity index is 774. The summed E-state index contributed by atoms with van der Waals surface area (Å²) in [5, 5.41) is 6.12. The molecule has 0 aliphatic heterocycles. The van der Waals surface area contributed by atoms with Gasteiger partial charge >= 0.3 is 0 Å². The quantitative estimate of drug-likeness (QED) is 0.774. The summed E-state index contributed by atoms with van der Waals surface area (Å²) < 4.78 is 13.1. The Morgan fingerprint density at radius 2 is 2.15 bits per heavy atom. The first-order chi connectivity index (χ1) is 9.63. The van der Waals surface area contributed by atoms with Gasteiger partial charge in [-0.2, -0.15) is 4.98 Å². The lowest BCUT2D eigenvalue weighted by Crippen LogP contribution is -2.04. The highest BCUT2D eigenvalue weighted by molar-refractivity contribution is 7.16. The first-order valence-electron chi connectivity index (χ1n) is 5.82. The topological polar surface area (TPSA) is 63.8 Å². The van der Waals surface area contributed by atoms with E-state index in [0.29, 0.717) is 12.4 Å². The third-order valence-electron chi connectivity index (χ3n) is 2.79. The molecule has 0 aliphatic rings. The molecular formula is C13H10ClFN4S. The summed E-state index contributed by atoms with van der Waals surface area (Å²) in [6.07, 6.45) is 0. The molecule has 20 heavy (non-hydrogen) atoms. The van der Waals surface area contributed by atoms with Gasteiger partial charge in [0.2, 0.25) is 5.95 Å². The Morgan fingerprint density at radius 3 is 2.95 bits per heavy atom. The number of nitrogens with zero attached hydrogens (tertiary/aromatic N) is 2. The van der Waals surface area contributed by atoms with E-state index < -0.39 is 5.82 Å². The van der Waals surface area contributed by atoms with Gasteiger partial charge in [-0.15, -0.1) is 11.3 Å². The molecule has 0 saturated heterocycles. The minimum atomic E-state index is -0.429. The summed E-state index contributed by atoms with van der Waals surface area (Å²) >= 11 is 7.25. The smallest absolute Gasteiger partial charge is 0.223 e. The van der Waals surface area contributed by atoms with Crippen LogP contribution in [0.3, 0.4) is 0 Å². The standard InChI is InChI=1S/C13H10ClFN4S/c14-9-5-7(1-2-10(9)15)6-17-11-8-3-4-20-12(8)19-13(16)18-11/h1-5H,6H2,(H3,16,17,18,19). The van der Waals surface area contributed by atoms with Crippen molar-refractivity contribution in [2.75, 3.05) is 11.1 Å². The maximum Gasteiger partial charge on any atom is 0.223 e. The highest BCUT2D eigenvalue weighted by Crippen LogP contribution is 2.26. The van der Waals surface area contributed by atoms with Crippen LogP contribution >= 0.6 is 22.9 Å². The second-order valence-corrected chi connectivity index (χ2v) is 5.47. The van der Waals surface area contributed by atoms with E-state index in [2.05, 4.69) is 15.3 Å². The molecule has 0 atom stereocenters. The number of aromatic nitrogens is 2. The van der Waals surface area contributed by atoms with Gasteiger partial charge < -0.3 is 11.1 Å². The van der Waals surface area contributed by atoms with Gasteiger partial charge in [0.15, 0.2) is 0 Å². The third kappa shape index (κ3) is 2.52. The van der Waals surface area contributed by atoms with Crippen molar-refractivity contribution in [3.8, 4) is 0 Å². The first kappa shape index (κ1) is 13.1. The van der Waals surface area contributed by atoms with E-state index in [0.717, 1.165) is 15.8 Å². The van der Waals surface area contributed by atoms with Crippen LogP contribution in [0.25, 0.3) is 10.2 Å². The van der Waals surface area contributed by atoms with E-state index in [9.17, 15) is 4.39 Å². The number of hydrogen-bond acceptors (Lipinski definition) is 5. The predicted molar refractivity (Wildman–Crippen MR) is 80.6 cm³/mol. The van der Waals surface area contributed by atoms with Gasteiger partial charge in [0.1, 0.15) is 16.5 Å². The molecule has 7 heteroatoms. The Hall–Kier alpha value is -1.92. The molecule has 0 radical (unpaired) electrons. The highest BCUT2D eigenvalue weighted by atomic mass is 35.5. The monoisotopic (exact) mass is 308 g/mol. The molecule has 0 unspecified atom stereocenters. The summed E-state index contributed by atoms with van der Waals surface area (Å²) in [6.45, 7) is 0.474. The van der Waals surface area contributed by atoms with Crippen LogP contribution < -0.4 is 11.1 Å². The summed E-state index contributed by atoms with van der Waals surface area (Å²) in [7, 11) is 0. The van der Waals surface area contributed by atoms with Gasteiger partial charge in [0.25, 0.3) is 0 Å². The zero-order valence-electron chi connectivity index (χ0n) is 10.2. The van der Waals surface area contributed by atoms with Crippen molar-refractivity contribution in [2.45, 2.75) is 6.54 Å². The third-order valence-corrected chi connectivity index (χ3v) is 3.88. The summed E-state index contributed by atoms with van der Waals surface area (Å²) in [5.41, 5.74) is 6.53. The number of halogens is 2. The fraction of sp³-hybridized carbons (Fsp3) is 0.0769. The minimum Gasteiger partial charge on any atom is -0.368 e. The summed E-state index contributed by atoms with van der Waals surface area (Å²) in [5.74, 6) is 0.454. The molecule has 1 aromatic carbocycles. The molecule has 2 aromatic heterocycles. The van der Waals surface area contributed by atoms with Crippen molar-refractivity contribution in [1.82, 2.24) is 9.97 Å². The molecule has 0 amide bonds. The number of rotatable bonds is 3. The van der Waals surface area contributed by atoms with Crippen molar-refractivity contribution in [2.24, 2.45) is 0 Å². The largest absolute Gasteiger partial charge is 0.368 e. The molecule has 102 valence electrons. The van der Waals surface area contributed by atoms with Gasteiger partial charge in [0, 0.05) is 6.54 Å². The lowest BCUT2D eigenvalue weighted by atomic mass is 10.2. The lowest BCUT2D eigenvalue weighted by Gasteiger charge is -2.08. The predicted octanol–water partition coefficient (Wildman–Crippen LogP) is 3.68. The molecule has 0 saturated carbocycles. The van der Waals surface area contributed by atoms with Gasteiger partial charge in [-0.3, -0.25) is 0 Å². The van der Waals surface area contributed by atoms with Gasteiger partial charge in [0.05, 0.1) is 10.4 Å². The molecule has 0 fully saturated rings. The second kappa shape index (κ2) is 5.22. The molecule has 3 aromatic rings. The van der Waals surface area contributed by atoms with Crippen molar-refractivity contribution in [3.63, 3.8) is 0 Å². The number of fused-ring (bicyclic) bond motifs is 1. The van der Waals surface area contributed by atoms with Crippen LogP contribution in [0.4, 0.5) is 16.2 Å². The maximum atomic E-state index is 13.1. The number of nitrogens with two attached hydrogens (primary N) is 1. The molecule has 0 aliphatic carbocycles. The van der Waals surface area contributed by atoms with Gasteiger partial charge in [-0.1, -0.05) is 17.7 Å². The van der Waals surface area contributed by atoms with Crippen molar-refractivity contribution in [1.29, 1.82) is 0 Å². The molecule has 0 spiro atoms. The first-order valence-corrected chi connectivity index (χ1v) is 7.08. The van der Waals surface area contributed by atoms with Crippen LogP contribution in [0.2, 0.25) is 5.02 Å². The Balaban J connectivity index is 1.86. The molecule has 3 N–H and O–H groups in total. The molecule has 2 heterocycles. The highest BCUT2D eigenvalue weighted by Gasteiger charge is 2.07. The Morgan fingerprint density at radius 1 is 1.30 bits per heavy atom. The number of benzene rings is 1. The molecular weight excluding hydrogens is 299 g/mol. The van der Waals surface area contributed by atoms with Crippen molar-refractivity contribution in [3.05, 3.63) is 46.0 Å². The summed E-state index contributed by atoms with van der Waals surface area (Å²) in [6, 6.07) is 6.52. The summed E-state index contributed by atoms with van der Waals surface area (Å²) in [4.78, 5) is 9.17. The Kier molecular flexibility index (Phi) is 3.42. The second-order valence-electron chi connectivity index (χ2n) is 4.17. The number of anilines is 2. The fourth-order valence-corrected chi connectivity index (χ4v) is 2.82. The number of thiophene rings is 1. The van der Waals surface area contributed by atoms with E-state index in [4.69, 9.17) is 17.3 Å². The zero-order valence-corrected chi connectivity index (χ0v) is 11.8. The normalized spacial score (nSPS) is 10.9. The Labute approximate surface area is 123 Å². The number of nitrogen functional groups attached to an aromatic ring is 1.